The zero-order valence-corrected chi connectivity index (χ0v) is 6.64. The van der Waals surface area contributed by atoms with E-state index in [1.807, 2.05) is 6.92 Å². The van der Waals surface area contributed by atoms with Crippen LogP contribution in [0.15, 0.2) is 6.20 Å². The third kappa shape index (κ3) is 2.07. The normalized spacial score (nSPS) is 9.64. The Morgan fingerprint density at radius 2 is 2.55 bits per heavy atom. The first kappa shape index (κ1) is 7.78. The number of hydrogen-bond acceptors (Lipinski definition) is 2. The molecule has 0 aliphatic heterocycles. The SMILES string of the molecule is CCc1cnc(NC(C)=O)[nH]1. The van der Waals surface area contributed by atoms with Gasteiger partial charge < -0.3 is 4.98 Å². The summed E-state index contributed by atoms with van der Waals surface area (Å²) in [5, 5.41) is 2.55. The topological polar surface area (TPSA) is 57.8 Å². The lowest BCUT2D eigenvalue weighted by atomic mass is 10.4. The van der Waals surface area contributed by atoms with Crippen molar-refractivity contribution in [3.63, 3.8) is 0 Å². The molecule has 0 saturated carbocycles. The van der Waals surface area contributed by atoms with Crippen LogP contribution in [0.1, 0.15) is 19.5 Å². The Kier molecular flexibility index (Phi) is 2.25. The van der Waals surface area contributed by atoms with Crippen molar-refractivity contribution in [2.75, 3.05) is 5.32 Å². The molecule has 4 heteroatoms. The summed E-state index contributed by atoms with van der Waals surface area (Å²) in [5.74, 6) is 0.413. The van der Waals surface area contributed by atoms with E-state index in [1.54, 1.807) is 6.20 Å². The Bertz CT molecular complexity index is 254. The van der Waals surface area contributed by atoms with E-state index in [0.717, 1.165) is 12.1 Å². The number of H-pyrrole nitrogens is 1. The van der Waals surface area contributed by atoms with Crippen molar-refractivity contribution in [1.82, 2.24) is 9.97 Å². The number of nitrogens with one attached hydrogen (secondary N) is 2. The van der Waals surface area contributed by atoms with Crippen LogP contribution < -0.4 is 5.32 Å². The largest absolute Gasteiger partial charge is 0.328 e. The quantitative estimate of drug-likeness (QED) is 0.664. The van der Waals surface area contributed by atoms with Gasteiger partial charge in [-0.2, -0.15) is 0 Å². The van der Waals surface area contributed by atoms with Crippen molar-refractivity contribution >= 4 is 11.9 Å². The van der Waals surface area contributed by atoms with E-state index in [0.29, 0.717) is 5.95 Å². The molecule has 1 aromatic heterocycles. The van der Waals surface area contributed by atoms with E-state index in [-0.39, 0.29) is 5.91 Å². The van der Waals surface area contributed by atoms with Gasteiger partial charge in [0.05, 0.1) is 6.20 Å². The number of aromatic nitrogens is 2. The summed E-state index contributed by atoms with van der Waals surface area (Å²) in [4.78, 5) is 17.4. The molecular formula is C7H11N3O. The molecule has 0 aliphatic rings. The molecule has 0 unspecified atom stereocenters. The minimum atomic E-state index is -0.109. The van der Waals surface area contributed by atoms with E-state index >= 15 is 0 Å². The maximum atomic E-state index is 10.5. The molecule has 0 aromatic carbocycles. The Morgan fingerprint density at radius 3 is 3.00 bits per heavy atom. The Labute approximate surface area is 65.0 Å². The second kappa shape index (κ2) is 3.18. The zero-order chi connectivity index (χ0) is 8.27. The lowest BCUT2D eigenvalue weighted by Gasteiger charge is -1.93. The highest BCUT2D eigenvalue weighted by Gasteiger charge is 1.98. The summed E-state index contributed by atoms with van der Waals surface area (Å²) >= 11 is 0. The number of anilines is 1. The molecule has 1 rings (SSSR count). The highest BCUT2D eigenvalue weighted by Crippen LogP contribution is 2.01. The fourth-order valence-corrected chi connectivity index (χ4v) is 0.769. The van der Waals surface area contributed by atoms with Gasteiger partial charge in [0.1, 0.15) is 0 Å². The molecule has 4 nitrogen and oxygen atoms in total. The van der Waals surface area contributed by atoms with Gasteiger partial charge in [-0.3, -0.25) is 10.1 Å². The molecule has 0 saturated heterocycles. The Morgan fingerprint density at radius 1 is 1.82 bits per heavy atom. The fourth-order valence-electron chi connectivity index (χ4n) is 0.769. The van der Waals surface area contributed by atoms with Crippen LogP contribution in [-0.4, -0.2) is 15.9 Å². The molecule has 0 spiro atoms. The van der Waals surface area contributed by atoms with Crippen LogP contribution in [-0.2, 0) is 11.2 Å². The highest BCUT2D eigenvalue weighted by molar-refractivity contribution is 5.86. The lowest BCUT2D eigenvalue weighted by molar-refractivity contribution is -0.114. The van der Waals surface area contributed by atoms with E-state index in [2.05, 4.69) is 15.3 Å². The minimum Gasteiger partial charge on any atom is -0.328 e. The molecule has 2 N–H and O–H groups in total. The minimum absolute atomic E-state index is 0.109. The van der Waals surface area contributed by atoms with Gasteiger partial charge in [-0.25, -0.2) is 4.98 Å². The first-order valence-electron chi connectivity index (χ1n) is 3.54. The van der Waals surface area contributed by atoms with Crippen molar-refractivity contribution in [1.29, 1.82) is 0 Å². The summed E-state index contributed by atoms with van der Waals surface area (Å²) in [6.07, 6.45) is 2.61. The van der Waals surface area contributed by atoms with E-state index in [1.165, 1.54) is 6.92 Å². The predicted molar refractivity (Wildman–Crippen MR) is 42.3 cm³/mol. The van der Waals surface area contributed by atoms with Crippen LogP contribution in [0.5, 0.6) is 0 Å². The average molecular weight is 153 g/mol. The van der Waals surface area contributed by atoms with Crippen LogP contribution in [0.2, 0.25) is 0 Å². The summed E-state index contributed by atoms with van der Waals surface area (Å²) in [6, 6.07) is 0. The molecule has 1 amide bonds. The molecule has 0 radical (unpaired) electrons. The number of carbonyl (C=O) groups excluding carboxylic acids is 1. The predicted octanol–water partition coefficient (Wildman–Crippen LogP) is 0.930. The molecule has 0 fully saturated rings. The van der Waals surface area contributed by atoms with Gasteiger partial charge in [0.25, 0.3) is 0 Å². The highest BCUT2D eigenvalue weighted by atomic mass is 16.1. The summed E-state index contributed by atoms with van der Waals surface area (Å²) in [7, 11) is 0. The number of nitrogens with zero attached hydrogens (tertiary/aromatic N) is 1. The van der Waals surface area contributed by atoms with Crippen LogP contribution in [0.4, 0.5) is 5.95 Å². The number of aryl methyl sites for hydroxylation is 1. The molecule has 0 bridgehead atoms. The van der Waals surface area contributed by atoms with Crippen LogP contribution >= 0.6 is 0 Å². The van der Waals surface area contributed by atoms with Gasteiger partial charge >= 0.3 is 0 Å². The third-order valence-corrected chi connectivity index (χ3v) is 1.30. The van der Waals surface area contributed by atoms with Crippen LogP contribution in [0, 0.1) is 0 Å². The number of amides is 1. The van der Waals surface area contributed by atoms with E-state index < -0.39 is 0 Å². The Balaban J connectivity index is 2.65. The smallest absolute Gasteiger partial charge is 0.223 e. The number of aromatic amines is 1. The van der Waals surface area contributed by atoms with Crippen LogP contribution in [0.3, 0.4) is 0 Å². The summed E-state index contributed by atoms with van der Waals surface area (Å²) in [6.45, 7) is 3.47. The first-order chi connectivity index (χ1) is 5.22. The van der Waals surface area contributed by atoms with Crippen molar-refractivity contribution in [3.8, 4) is 0 Å². The molecule has 0 atom stereocenters. The van der Waals surface area contributed by atoms with E-state index in [4.69, 9.17) is 0 Å². The van der Waals surface area contributed by atoms with Gasteiger partial charge in [-0.1, -0.05) is 6.92 Å². The zero-order valence-electron chi connectivity index (χ0n) is 6.64. The molecule has 11 heavy (non-hydrogen) atoms. The number of carbonyl (C=O) groups is 1. The van der Waals surface area contributed by atoms with Crippen molar-refractivity contribution in [3.05, 3.63) is 11.9 Å². The molecule has 60 valence electrons. The second-order valence-electron chi connectivity index (χ2n) is 2.29. The van der Waals surface area contributed by atoms with Gasteiger partial charge in [0.15, 0.2) is 0 Å². The lowest BCUT2D eigenvalue weighted by Crippen LogP contribution is -2.06. The number of hydrogen-bond donors (Lipinski definition) is 2. The van der Waals surface area contributed by atoms with Crippen molar-refractivity contribution in [2.24, 2.45) is 0 Å². The third-order valence-electron chi connectivity index (χ3n) is 1.30. The molecular weight excluding hydrogens is 142 g/mol. The molecule has 0 aliphatic carbocycles. The van der Waals surface area contributed by atoms with Crippen LogP contribution in [0.25, 0.3) is 0 Å². The van der Waals surface area contributed by atoms with Gasteiger partial charge in [0.2, 0.25) is 11.9 Å². The molecule has 1 aromatic rings. The number of imidazole rings is 1. The van der Waals surface area contributed by atoms with Crippen molar-refractivity contribution < 1.29 is 4.79 Å². The van der Waals surface area contributed by atoms with Crippen molar-refractivity contribution in [2.45, 2.75) is 20.3 Å². The van der Waals surface area contributed by atoms with Gasteiger partial charge in [-0.05, 0) is 6.42 Å². The standard InChI is InChI=1S/C7H11N3O/c1-3-6-4-8-7(10-6)9-5(2)11/h4H,3H2,1-2H3,(H2,8,9,10,11). The fraction of sp³-hybridized carbons (Fsp3) is 0.429. The Hall–Kier alpha value is -1.32. The van der Waals surface area contributed by atoms with Gasteiger partial charge in [-0.15, -0.1) is 0 Å². The monoisotopic (exact) mass is 153 g/mol. The number of rotatable bonds is 2. The summed E-state index contributed by atoms with van der Waals surface area (Å²) in [5.41, 5.74) is 1.02. The van der Waals surface area contributed by atoms with E-state index in [9.17, 15) is 4.79 Å². The summed E-state index contributed by atoms with van der Waals surface area (Å²) < 4.78 is 0. The van der Waals surface area contributed by atoms with Gasteiger partial charge in [0, 0.05) is 12.6 Å². The second-order valence-corrected chi connectivity index (χ2v) is 2.29. The first-order valence-corrected chi connectivity index (χ1v) is 3.54. The molecule has 1 heterocycles. The average Bonchev–Trinajstić information content (AvgIpc) is 2.34. The maximum absolute atomic E-state index is 10.5. The maximum Gasteiger partial charge on any atom is 0.223 e.